The molecule has 3 heteroatoms. The molecule has 0 aliphatic heterocycles. The smallest absolute Gasteiger partial charge is 0.221 e. The van der Waals surface area contributed by atoms with Gasteiger partial charge >= 0.3 is 0 Å². The van der Waals surface area contributed by atoms with Gasteiger partial charge in [0.25, 0.3) is 0 Å². The number of hydrogen-bond donors (Lipinski definition) is 2. The molecule has 84 valence electrons. The van der Waals surface area contributed by atoms with Gasteiger partial charge in [0.15, 0.2) is 0 Å². The molecular formula is C11H24N2O. The Morgan fingerprint density at radius 2 is 2.00 bits per heavy atom. The Kier molecular flexibility index (Phi) is 5.77. The van der Waals surface area contributed by atoms with Gasteiger partial charge < -0.3 is 11.1 Å². The predicted octanol–water partition coefficient (Wildman–Crippen LogP) is 1.81. The van der Waals surface area contributed by atoms with Gasteiger partial charge in [0.05, 0.1) is 0 Å². The van der Waals surface area contributed by atoms with E-state index in [0.717, 1.165) is 19.3 Å². The zero-order chi connectivity index (χ0) is 11.2. The van der Waals surface area contributed by atoms with Crippen molar-refractivity contribution in [1.82, 2.24) is 5.32 Å². The molecule has 0 aliphatic carbocycles. The van der Waals surface area contributed by atoms with Crippen LogP contribution in [-0.2, 0) is 4.79 Å². The van der Waals surface area contributed by atoms with Crippen LogP contribution in [0.15, 0.2) is 0 Å². The molecule has 1 atom stereocenters. The summed E-state index contributed by atoms with van der Waals surface area (Å²) >= 11 is 0. The second kappa shape index (κ2) is 6.02. The van der Waals surface area contributed by atoms with Crippen LogP contribution in [0.3, 0.4) is 0 Å². The molecule has 14 heavy (non-hydrogen) atoms. The van der Waals surface area contributed by atoms with Crippen LogP contribution in [0.5, 0.6) is 0 Å². The van der Waals surface area contributed by atoms with Crippen molar-refractivity contribution < 1.29 is 4.79 Å². The van der Waals surface area contributed by atoms with E-state index in [4.69, 9.17) is 5.73 Å². The van der Waals surface area contributed by atoms with Crippen LogP contribution < -0.4 is 11.1 Å². The highest BCUT2D eigenvalue weighted by Crippen LogP contribution is 2.04. The standard InChI is InChI=1S/C11H24N2O/c1-5-6-7-9(12)8-10(14)13-11(2,3)4/h9H,5-8,12H2,1-4H3,(H,13,14)/t9-/m0/s1. The second-order valence-electron chi connectivity index (χ2n) is 4.90. The first-order valence-corrected chi connectivity index (χ1v) is 5.41. The number of nitrogens with one attached hydrogen (secondary N) is 1. The molecule has 0 aromatic carbocycles. The molecule has 0 spiro atoms. The molecule has 0 saturated heterocycles. The lowest BCUT2D eigenvalue weighted by Gasteiger charge is -2.21. The maximum Gasteiger partial charge on any atom is 0.221 e. The molecule has 0 radical (unpaired) electrons. The molecule has 0 aromatic heterocycles. The normalized spacial score (nSPS) is 13.8. The Labute approximate surface area is 87.4 Å². The van der Waals surface area contributed by atoms with Crippen LogP contribution in [0.4, 0.5) is 0 Å². The molecule has 0 aliphatic rings. The lowest BCUT2D eigenvalue weighted by Crippen LogP contribution is -2.42. The Bertz CT molecular complexity index is 173. The number of nitrogens with two attached hydrogens (primary N) is 1. The lowest BCUT2D eigenvalue weighted by molar-refractivity contribution is -0.122. The average Bonchev–Trinajstić information content (AvgIpc) is 1.96. The van der Waals surface area contributed by atoms with Gasteiger partial charge in [0, 0.05) is 18.0 Å². The molecule has 0 rings (SSSR count). The van der Waals surface area contributed by atoms with E-state index < -0.39 is 0 Å². The van der Waals surface area contributed by atoms with Gasteiger partial charge in [-0.05, 0) is 27.2 Å². The van der Waals surface area contributed by atoms with Crippen molar-refractivity contribution in [3.63, 3.8) is 0 Å². The summed E-state index contributed by atoms with van der Waals surface area (Å²) in [6, 6.07) is 0.0114. The number of rotatable bonds is 5. The van der Waals surface area contributed by atoms with E-state index in [1.807, 2.05) is 20.8 Å². The van der Waals surface area contributed by atoms with Crippen LogP contribution in [0.1, 0.15) is 53.4 Å². The summed E-state index contributed by atoms with van der Waals surface area (Å²) in [6.07, 6.45) is 3.61. The minimum Gasteiger partial charge on any atom is -0.351 e. The molecule has 0 fully saturated rings. The predicted molar refractivity (Wildman–Crippen MR) is 60.0 cm³/mol. The largest absolute Gasteiger partial charge is 0.351 e. The fourth-order valence-electron chi connectivity index (χ4n) is 1.28. The molecule has 0 heterocycles. The van der Waals surface area contributed by atoms with E-state index in [1.165, 1.54) is 0 Å². The summed E-state index contributed by atoms with van der Waals surface area (Å²) in [4.78, 5) is 11.4. The third-order valence-electron chi connectivity index (χ3n) is 1.89. The van der Waals surface area contributed by atoms with Gasteiger partial charge in [-0.25, -0.2) is 0 Å². The molecule has 0 aromatic rings. The summed E-state index contributed by atoms with van der Waals surface area (Å²) < 4.78 is 0. The Balaban J connectivity index is 3.71. The van der Waals surface area contributed by atoms with E-state index in [-0.39, 0.29) is 17.5 Å². The van der Waals surface area contributed by atoms with Crippen molar-refractivity contribution in [2.24, 2.45) is 5.73 Å². The maximum absolute atomic E-state index is 11.4. The van der Waals surface area contributed by atoms with Gasteiger partial charge in [-0.1, -0.05) is 19.8 Å². The molecule has 0 saturated carbocycles. The summed E-state index contributed by atoms with van der Waals surface area (Å²) in [5.74, 6) is 0.0566. The molecule has 0 unspecified atom stereocenters. The minimum atomic E-state index is -0.151. The molecule has 3 nitrogen and oxygen atoms in total. The molecule has 1 amide bonds. The SMILES string of the molecule is CCCC[C@H](N)CC(=O)NC(C)(C)C. The van der Waals surface area contributed by atoms with E-state index in [2.05, 4.69) is 12.2 Å². The topological polar surface area (TPSA) is 55.1 Å². The number of hydrogen-bond acceptors (Lipinski definition) is 2. The van der Waals surface area contributed by atoms with Crippen LogP contribution in [0.2, 0.25) is 0 Å². The quantitative estimate of drug-likeness (QED) is 0.711. The van der Waals surface area contributed by atoms with Crippen molar-refractivity contribution in [1.29, 1.82) is 0 Å². The second-order valence-corrected chi connectivity index (χ2v) is 4.90. The van der Waals surface area contributed by atoms with Crippen LogP contribution >= 0.6 is 0 Å². The summed E-state index contributed by atoms with van der Waals surface area (Å²) in [5.41, 5.74) is 5.67. The average molecular weight is 200 g/mol. The van der Waals surface area contributed by atoms with Gasteiger partial charge in [-0.2, -0.15) is 0 Å². The minimum absolute atomic E-state index is 0.0114. The highest BCUT2D eigenvalue weighted by Gasteiger charge is 2.15. The lowest BCUT2D eigenvalue weighted by atomic mass is 10.1. The van der Waals surface area contributed by atoms with Gasteiger partial charge in [-0.15, -0.1) is 0 Å². The fraction of sp³-hybridized carbons (Fsp3) is 0.909. The van der Waals surface area contributed by atoms with Gasteiger partial charge in [0.2, 0.25) is 5.91 Å². The van der Waals surface area contributed by atoms with Crippen molar-refractivity contribution in [2.45, 2.75) is 65.0 Å². The van der Waals surface area contributed by atoms with Gasteiger partial charge in [-0.3, -0.25) is 4.79 Å². The van der Waals surface area contributed by atoms with Crippen LogP contribution in [0, 0.1) is 0 Å². The Morgan fingerprint density at radius 3 is 2.43 bits per heavy atom. The van der Waals surface area contributed by atoms with Crippen molar-refractivity contribution in [3.8, 4) is 0 Å². The fourth-order valence-corrected chi connectivity index (χ4v) is 1.28. The van der Waals surface area contributed by atoms with E-state index in [9.17, 15) is 4.79 Å². The number of carbonyl (C=O) groups is 1. The third-order valence-corrected chi connectivity index (χ3v) is 1.89. The molecule has 3 N–H and O–H groups in total. The first-order chi connectivity index (χ1) is 6.35. The molecule has 0 bridgehead atoms. The maximum atomic E-state index is 11.4. The summed E-state index contributed by atoms with van der Waals surface area (Å²) in [6.45, 7) is 8.05. The van der Waals surface area contributed by atoms with Crippen LogP contribution in [-0.4, -0.2) is 17.5 Å². The zero-order valence-corrected chi connectivity index (χ0v) is 9.89. The first kappa shape index (κ1) is 13.4. The van der Waals surface area contributed by atoms with E-state index in [1.54, 1.807) is 0 Å². The van der Waals surface area contributed by atoms with Gasteiger partial charge in [0.1, 0.15) is 0 Å². The highest BCUT2D eigenvalue weighted by atomic mass is 16.1. The molecular weight excluding hydrogens is 176 g/mol. The van der Waals surface area contributed by atoms with Crippen LogP contribution in [0.25, 0.3) is 0 Å². The Hall–Kier alpha value is -0.570. The zero-order valence-electron chi connectivity index (χ0n) is 9.89. The third kappa shape index (κ3) is 8.05. The van der Waals surface area contributed by atoms with Crippen molar-refractivity contribution in [3.05, 3.63) is 0 Å². The van der Waals surface area contributed by atoms with E-state index >= 15 is 0 Å². The summed E-state index contributed by atoms with van der Waals surface area (Å²) in [7, 11) is 0. The van der Waals surface area contributed by atoms with Crippen molar-refractivity contribution in [2.75, 3.05) is 0 Å². The monoisotopic (exact) mass is 200 g/mol. The first-order valence-electron chi connectivity index (χ1n) is 5.41. The number of carbonyl (C=O) groups excluding carboxylic acids is 1. The number of amides is 1. The highest BCUT2D eigenvalue weighted by molar-refractivity contribution is 5.77. The Morgan fingerprint density at radius 1 is 1.43 bits per heavy atom. The van der Waals surface area contributed by atoms with Crippen molar-refractivity contribution >= 4 is 5.91 Å². The van der Waals surface area contributed by atoms with E-state index in [0.29, 0.717) is 6.42 Å². The summed E-state index contributed by atoms with van der Waals surface area (Å²) in [5, 5.41) is 2.91. The number of unbranched alkanes of at least 4 members (excludes halogenated alkanes) is 1.